The number of thioether (sulfide) groups is 4. The maximum Gasteiger partial charge on any atom is 0.410 e. The van der Waals surface area contributed by atoms with E-state index in [-0.39, 0.29) is 47.7 Å². The van der Waals surface area contributed by atoms with Crippen molar-refractivity contribution in [3.8, 4) is 0 Å². The van der Waals surface area contributed by atoms with E-state index in [1.165, 1.54) is 58.1 Å². The molecule has 140 heavy (non-hydrogen) atoms. The van der Waals surface area contributed by atoms with Crippen LogP contribution in [-0.4, -0.2) is 261 Å². The number of imidazole rings is 1. The van der Waals surface area contributed by atoms with E-state index in [4.69, 9.17) is 28.4 Å². The monoisotopic (exact) mass is 1970 g/mol. The van der Waals surface area contributed by atoms with Crippen LogP contribution in [0.15, 0.2) is 165 Å². The number of carbonyl (C=O) groups is 14. The van der Waals surface area contributed by atoms with Gasteiger partial charge in [0.05, 0.1) is 22.1 Å². The van der Waals surface area contributed by atoms with E-state index in [9.17, 15) is 67.1 Å². The number of H-pyrrole nitrogens is 1. The number of aryl methyl sites for hydroxylation is 2. The van der Waals surface area contributed by atoms with Crippen LogP contribution >= 0.6 is 47.0 Å². The Hall–Kier alpha value is -12.3. The molecule has 4 aliphatic carbocycles. The minimum absolute atomic E-state index is 0.0785. The zero-order chi connectivity index (χ0) is 97.6. The van der Waals surface area contributed by atoms with Crippen molar-refractivity contribution in [2.24, 2.45) is 11.8 Å². The number of Topliss-reactive ketones (excluding diaryl/α,β-unsaturated/α-hetero) is 8. The Morgan fingerprint density at radius 2 is 0.750 bits per heavy atom. The molecule has 0 atom stereocenters. The summed E-state index contributed by atoms with van der Waals surface area (Å²) in [4.78, 5) is 198. The number of hydrogen-bond donors (Lipinski definition) is 1. The molecule has 0 bridgehead atoms. The fourth-order valence-electron chi connectivity index (χ4n) is 21.3. The van der Waals surface area contributed by atoms with Crippen LogP contribution in [0.25, 0.3) is 45.0 Å². The third kappa shape index (κ3) is 18.5. The molecule has 1 N–H and O–H groups in total. The average Bonchev–Trinajstić information content (AvgIpc) is 0.956. The number of para-hydroxylation sites is 3. The molecule has 726 valence electrons. The number of amides is 6. The fourth-order valence-corrected chi connectivity index (χ4v) is 26.3. The Morgan fingerprint density at radius 3 is 1.14 bits per heavy atom. The molecule has 2 aromatic heterocycles. The Labute approximate surface area is 826 Å². The van der Waals surface area contributed by atoms with Crippen LogP contribution in [0.1, 0.15) is 222 Å². The molecule has 23 rings (SSSR count). The Bertz CT molecular complexity index is 6640. The zero-order valence-electron chi connectivity index (χ0n) is 79.0. The lowest BCUT2D eigenvalue weighted by atomic mass is 9.88. The molecular weight excluding hydrogens is 1860 g/mol. The van der Waals surface area contributed by atoms with Crippen molar-refractivity contribution in [1.29, 1.82) is 0 Å². The van der Waals surface area contributed by atoms with Crippen LogP contribution in [0.4, 0.5) is 9.59 Å². The second-order valence-corrected chi connectivity index (χ2v) is 44.6. The van der Waals surface area contributed by atoms with E-state index in [1.54, 1.807) is 63.2 Å². The van der Waals surface area contributed by atoms with Gasteiger partial charge in [0, 0.05) is 228 Å². The highest BCUT2D eigenvalue weighted by atomic mass is 32.2. The molecular formula is C107H109N9O20S4. The third-order valence-corrected chi connectivity index (χ3v) is 34.5. The summed E-state index contributed by atoms with van der Waals surface area (Å²) in [6.45, 7) is 19.0. The maximum absolute atomic E-state index is 13.6. The molecule has 6 amide bonds. The number of hydrogen-bond acceptors (Lipinski definition) is 25. The summed E-state index contributed by atoms with van der Waals surface area (Å²) in [5, 5.41) is 1.05. The van der Waals surface area contributed by atoms with Gasteiger partial charge in [-0.15, -0.1) is 47.0 Å². The van der Waals surface area contributed by atoms with Crippen LogP contribution in [0, 0.1) is 11.8 Å². The number of aromatic amines is 1. The first-order valence-electron chi connectivity index (χ1n) is 48.4. The molecule has 6 aromatic carbocycles. The summed E-state index contributed by atoms with van der Waals surface area (Å²) in [5.74, 6) is 1.39. The van der Waals surface area contributed by atoms with Gasteiger partial charge >= 0.3 is 12.2 Å². The Kier molecular flexibility index (Phi) is 25.8. The van der Waals surface area contributed by atoms with Gasteiger partial charge in [0.15, 0.2) is 5.82 Å². The van der Waals surface area contributed by atoms with E-state index >= 15 is 0 Å². The van der Waals surface area contributed by atoms with E-state index < -0.39 is 79.9 Å². The molecule has 0 radical (unpaired) electrons. The quantitative estimate of drug-likeness (QED) is 0.156. The van der Waals surface area contributed by atoms with Crippen LogP contribution < -0.4 is 0 Å². The van der Waals surface area contributed by atoms with Gasteiger partial charge in [-0.1, -0.05) is 127 Å². The van der Waals surface area contributed by atoms with E-state index in [1.807, 2.05) is 135 Å². The van der Waals surface area contributed by atoms with Gasteiger partial charge in [-0.2, -0.15) is 0 Å². The number of likely N-dealkylation sites (tertiary alicyclic amines) is 6. The summed E-state index contributed by atoms with van der Waals surface area (Å²) < 4.78 is 39.2. The number of carbonyl (C=O) groups excluding carboxylic acids is 14. The molecule has 6 fully saturated rings. The number of ether oxygens (including phenoxy) is 6. The minimum atomic E-state index is -0.535. The van der Waals surface area contributed by atoms with Gasteiger partial charge in [-0.05, 0) is 104 Å². The maximum atomic E-state index is 13.6. The summed E-state index contributed by atoms with van der Waals surface area (Å²) in [7, 11) is 0. The standard InChI is InChI=1S/C28H34N2O6S.C28H24N2O4S.C27H32N2O6S.C24H19N3O4S/c1-27(2,3)36-26(34)30-12-8-18(9-13-30)16-21(31)29-14-10-28(11-15-29)17-37-25-23(33)22(32)19-6-4-5-7-20(19)24(25)35-28;31-23-19-7-1-2-8-20(19)25-26(24(23)32)35-16-28(34-25)10-13-29(14-11-28)27(33)21-15-30-12-4-6-17-5-3-9-18(21)22(17)30;1-26(2,3)35-25(33)29-12-8-17(9-13-29)24(32)28-14-10-27(11-15-28)16-36-23-21(31)20(30)18-6-4-5-7-19(18)22(23)34-27;28-18-14-5-1-2-6-15(14)20-21(19(18)29)32-13-24(31-20)9-11-27(12-10-24)23(30)22-25-16-7-3-4-8-17(16)26-22/h4-7,18H,8-17H2,1-3H3;1-3,5,7-9,15H,4,6,10-14,16H2;4-7,17H,8-16H2,1-3H3;1-8H,9-13H2,(H,25,26). The molecule has 4 spiro atoms. The number of rotatable bonds is 5. The van der Waals surface area contributed by atoms with E-state index in [0.29, 0.717) is 265 Å². The second kappa shape index (κ2) is 37.9. The predicted octanol–water partition coefficient (Wildman–Crippen LogP) is 16.1. The van der Waals surface area contributed by atoms with Crippen LogP contribution in [0.5, 0.6) is 0 Å². The number of nitrogens with zero attached hydrogens (tertiary/aromatic N) is 8. The number of allylic oxidation sites excluding steroid dienone is 4. The lowest BCUT2D eigenvalue weighted by molar-refractivity contribution is -0.140. The van der Waals surface area contributed by atoms with Crippen molar-refractivity contribution in [2.45, 2.75) is 178 Å². The molecule has 29 nitrogen and oxygen atoms in total. The van der Waals surface area contributed by atoms with Crippen molar-refractivity contribution in [3.63, 3.8) is 0 Å². The first kappa shape index (κ1) is 95.2. The topological polar surface area (TPSA) is 347 Å². The number of benzene rings is 6. The van der Waals surface area contributed by atoms with Crippen LogP contribution in [0.2, 0.25) is 0 Å². The molecule has 8 aromatic rings. The first-order valence-corrected chi connectivity index (χ1v) is 52.3. The number of fused-ring (bicyclic) bond motifs is 9. The largest absolute Gasteiger partial charge is 0.484 e. The number of aromatic nitrogens is 3. The molecule has 0 saturated carbocycles. The van der Waals surface area contributed by atoms with E-state index in [2.05, 4.69) is 32.7 Å². The van der Waals surface area contributed by atoms with Crippen molar-refractivity contribution in [1.82, 2.24) is 43.9 Å². The summed E-state index contributed by atoms with van der Waals surface area (Å²) >= 11 is 5.64. The van der Waals surface area contributed by atoms with Gasteiger partial charge in [0.1, 0.15) is 76.3 Å². The van der Waals surface area contributed by atoms with Gasteiger partial charge in [-0.3, -0.25) is 57.5 Å². The Balaban J connectivity index is 0.000000115. The highest BCUT2D eigenvalue weighted by Gasteiger charge is 2.53. The number of ketones is 8. The predicted molar refractivity (Wildman–Crippen MR) is 530 cm³/mol. The van der Waals surface area contributed by atoms with Crippen LogP contribution in [0.3, 0.4) is 0 Å². The Morgan fingerprint density at radius 1 is 0.393 bits per heavy atom. The minimum Gasteiger partial charge on any atom is -0.484 e. The molecule has 6 saturated heterocycles. The lowest BCUT2D eigenvalue weighted by Gasteiger charge is -2.46. The van der Waals surface area contributed by atoms with Gasteiger partial charge < -0.3 is 67.4 Å². The van der Waals surface area contributed by atoms with Crippen molar-refractivity contribution >= 4 is 174 Å². The molecule has 33 heteroatoms. The van der Waals surface area contributed by atoms with Crippen molar-refractivity contribution in [2.75, 3.05) is 102 Å². The van der Waals surface area contributed by atoms with Crippen molar-refractivity contribution < 1.29 is 95.5 Å². The molecule has 15 aliphatic rings. The molecule has 0 unspecified atom stereocenters. The van der Waals surface area contributed by atoms with Gasteiger partial charge in [0.2, 0.25) is 58.1 Å². The number of piperidine rings is 6. The summed E-state index contributed by atoms with van der Waals surface area (Å²) in [6.07, 6.45) is 12.3. The van der Waals surface area contributed by atoms with Crippen LogP contribution in [-0.2, 0) is 70.2 Å². The fraction of sp³-hybridized carbons (Fsp3) is 0.430. The smallest absolute Gasteiger partial charge is 0.410 e. The SMILES string of the molecule is CC(C)(C)OC(=O)N1CCC(C(=O)N2CCC3(CC2)CSC2=C(O3)c3ccccc3C(=O)C2=O)CC1.CC(C)(C)OC(=O)N1CCC(CC(=O)N2CCC3(CC2)CSC2=C(O3)c3ccccc3C(=O)C2=O)CC1.O=C1C(=O)c2ccccc2C2=C1SCC1(CCN(C(=O)c3cn4c5c(cccc35)CCC4)CC1)O2.O=C1C(=O)c2ccccc2C2=C1SCC1(CCN(C(=O)c3nc4ccccc4[nH]3)CC1)O2. The number of nitrogens with one attached hydrogen (secondary N) is 1. The lowest BCUT2D eigenvalue weighted by Crippen LogP contribution is -2.53. The summed E-state index contributed by atoms with van der Waals surface area (Å²) in [6, 6.07) is 42.3. The zero-order valence-corrected chi connectivity index (χ0v) is 82.3. The van der Waals surface area contributed by atoms with Gasteiger partial charge in [0.25, 0.3) is 11.8 Å². The molecule has 13 heterocycles. The molecule has 11 aliphatic heterocycles. The highest BCUT2D eigenvalue weighted by Crippen LogP contribution is 2.53. The van der Waals surface area contributed by atoms with E-state index in [0.717, 1.165) is 54.2 Å². The average molecular weight is 1970 g/mol. The first-order chi connectivity index (χ1) is 67.2. The summed E-state index contributed by atoms with van der Waals surface area (Å²) in [5.41, 5.74) is 6.38. The second-order valence-electron chi connectivity index (χ2n) is 40.6. The van der Waals surface area contributed by atoms with Crippen molar-refractivity contribution in [3.05, 3.63) is 227 Å². The third-order valence-electron chi connectivity index (χ3n) is 29.1. The highest BCUT2D eigenvalue weighted by molar-refractivity contribution is 8.05. The normalized spacial score (nSPS) is 21.2. The van der Waals surface area contributed by atoms with Gasteiger partial charge in [-0.25, -0.2) is 14.6 Å².